The molecule has 1 amide bonds. The molecule has 1 saturated carbocycles. The monoisotopic (exact) mass is 431 g/mol. The smallest absolute Gasteiger partial charge is 0.305 e. The summed E-state index contributed by atoms with van der Waals surface area (Å²) in [5.74, 6) is -0.948. The number of aliphatic hydroxyl groups is 2. The van der Waals surface area contributed by atoms with Gasteiger partial charge in [-0.15, -0.1) is 0 Å². The van der Waals surface area contributed by atoms with E-state index >= 15 is 0 Å². The van der Waals surface area contributed by atoms with E-state index in [0.29, 0.717) is 18.5 Å². The third kappa shape index (κ3) is 6.52. The molecule has 8 nitrogen and oxygen atoms in total. The van der Waals surface area contributed by atoms with Crippen molar-refractivity contribution in [2.75, 3.05) is 19.0 Å². The van der Waals surface area contributed by atoms with E-state index in [0.717, 1.165) is 0 Å². The van der Waals surface area contributed by atoms with Gasteiger partial charge in [0.25, 0.3) is 5.91 Å². The maximum absolute atomic E-state index is 13.9. The van der Waals surface area contributed by atoms with Gasteiger partial charge in [0.05, 0.1) is 36.1 Å². The Hall–Kier alpha value is -1.97. The molecular weight excluding hydrogens is 405 g/mol. The number of ether oxygens (including phenoxy) is 1. The molecule has 0 radical (unpaired) electrons. The van der Waals surface area contributed by atoms with E-state index < -0.39 is 23.3 Å². The minimum absolute atomic E-state index is 0.125. The van der Waals surface area contributed by atoms with E-state index in [1.165, 1.54) is 33.2 Å². The quantitative estimate of drug-likeness (QED) is 0.347. The minimum Gasteiger partial charge on any atom is -0.469 e. The lowest BCUT2D eigenvalue weighted by atomic mass is 9.73. The molecule has 1 heterocycles. The number of hydrogen-bond acceptors (Lipinski definition) is 7. The number of rotatable bonds is 9. The number of hydrogen-bond donors (Lipinski definition) is 4. The van der Waals surface area contributed by atoms with E-state index in [9.17, 15) is 24.2 Å². The molecular formula is C19H27ClFN3O5. The van der Waals surface area contributed by atoms with Gasteiger partial charge < -0.3 is 25.6 Å². The number of amides is 1. The van der Waals surface area contributed by atoms with Crippen molar-refractivity contribution in [3.05, 3.63) is 23.0 Å². The molecule has 4 N–H and O–H groups in total. The number of nitrogens with one attached hydrogen (secondary N) is 2. The normalized spacial score (nSPS) is 22.4. The fraction of sp³-hybridized carbons (Fsp3) is 0.632. The first-order valence-corrected chi connectivity index (χ1v) is 9.67. The van der Waals surface area contributed by atoms with Crippen molar-refractivity contribution in [1.29, 1.82) is 0 Å². The summed E-state index contributed by atoms with van der Waals surface area (Å²) in [4.78, 5) is 27.6. The lowest BCUT2D eigenvalue weighted by molar-refractivity contribution is -0.143. The van der Waals surface area contributed by atoms with Crippen LogP contribution in [-0.2, 0) is 9.53 Å². The molecule has 0 spiro atoms. The van der Waals surface area contributed by atoms with Crippen LogP contribution in [0, 0.1) is 0 Å². The van der Waals surface area contributed by atoms with Gasteiger partial charge in [-0.3, -0.25) is 9.59 Å². The van der Waals surface area contributed by atoms with E-state index in [4.69, 9.17) is 11.6 Å². The summed E-state index contributed by atoms with van der Waals surface area (Å²) in [6.07, 6.45) is 0.822. The van der Waals surface area contributed by atoms with Gasteiger partial charge in [0, 0.05) is 18.7 Å². The second-order valence-electron chi connectivity index (χ2n) is 7.93. The summed E-state index contributed by atoms with van der Waals surface area (Å²) in [5.41, 5.74) is -1.98. The summed E-state index contributed by atoms with van der Waals surface area (Å²) in [6, 6.07) is 1.35. The third-order valence-electron chi connectivity index (χ3n) is 4.96. The predicted molar refractivity (Wildman–Crippen MR) is 106 cm³/mol. The van der Waals surface area contributed by atoms with Crippen LogP contribution in [0.4, 0.5) is 10.1 Å². The van der Waals surface area contributed by atoms with Gasteiger partial charge >= 0.3 is 5.97 Å². The first-order valence-electron chi connectivity index (χ1n) is 9.29. The number of esters is 1. The highest BCUT2D eigenvalue weighted by Crippen LogP contribution is 2.38. The van der Waals surface area contributed by atoms with Gasteiger partial charge in [-0.25, -0.2) is 9.37 Å². The molecule has 0 unspecified atom stereocenters. The van der Waals surface area contributed by atoms with Crippen molar-refractivity contribution >= 4 is 29.2 Å². The lowest BCUT2D eigenvalue weighted by Crippen LogP contribution is -2.51. The maximum Gasteiger partial charge on any atom is 0.305 e. The number of halogens is 2. The molecule has 1 aromatic heterocycles. The predicted octanol–water partition coefficient (Wildman–Crippen LogP) is 1.83. The molecule has 1 atom stereocenters. The Balaban J connectivity index is 1.97. The highest BCUT2D eigenvalue weighted by molar-refractivity contribution is 6.29. The Bertz CT molecular complexity index is 750. The minimum atomic E-state index is -1.64. The number of anilines is 1. The molecule has 29 heavy (non-hydrogen) atoms. The van der Waals surface area contributed by atoms with Crippen LogP contribution in [0.2, 0.25) is 5.15 Å². The molecule has 10 heteroatoms. The van der Waals surface area contributed by atoms with Crippen molar-refractivity contribution in [3.63, 3.8) is 0 Å². The Morgan fingerprint density at radius 2 is 2.14 bits per heavy atom. The zero-order chi connectivity index (χ0) is 21.8. The largest absolute Gasteiger partial charge is 0.469 e. The first-order chi connectivity index (χ1) is 13.4. The molecule has 1 aliphatic carbocycles. The summed E-state index contributed by atoms with van der Waals surface area (Å²) in [7, 11) is 1.30. The SMILES string of the molecule is COC(=O)CCC1(O)CC(Nc2cc(Cl)ncc2C(=O)NC[C@@H](F)C(C)(C)O)C1. The van der Waals surface area contributed by atoms with Gasteiger partial charge in [0.15, 0.2) is 0 Å². The number of methoxy groups -OCH3 is 1. The zero-order valence-electron chi connectivity index (χ0n) is 16.7. The van der Waals surface area contributed by atoms with Crippen molar-refractivity contribution in [3.8, 4) is 0 Å². The van der Waals surface area contributed by atoms with Crippen molar-refractivity contribution < 1.29 is 28.9 Å². The van der Waals surface area contributed by atoms with Gasteiger partial charge in [-0.2, -0.15) is 0 Å². The highest BCUT2D eigenvalue weighted by Gasteiger charge is 2.43. The maximum atomic E-state index is 13.9. The van der Waals surface area contributed by atoms with Crippen LogP contribution in [0.1, 0.15) is 49.9 Å². The average Bonchev–Trinajstić information content (AvgIpc) is 2.61. The Kier molecular flexibility index (Phi) is 7.42. The summed E-state index contributed by atoms with van der Waals surface area (Å²) in [6.45, 7) is 2.28. The number of aromatic nitrogens is 1. The number of pyridine rings is 1. The average molecular weight is 432 g/mol. The van der Waals surface area contributed by atoms with Gasteiger partial charge in [0.1, 0.15) is 11.3 Å². The number of carbonyl (C=O) groups is 2. The second kappa shape index (κ2) is 9.23. The van der Waals surface area contributed by atoms with E-state index in [-0.39, 0.29) is 42.1 Å². The summed E-state index contributed by atoms with van der Waals surface area (Å²) in [5, 5.41) is 25.8. The van der Waals surface area contributed by atoms with Crippen molar-refractivity contribution in [1.82, 2.24) is 10.3 Å². The molecule has 0 bridgehead atoms. The van der Waals surface area contributed by atoms with Gasteiger partial charge in [0.2, 0.25) is 0 Å². The molecule has 2 rings (SSSR count). The highest BCUT2D eigenvalue weighted by atomic mass is 35.5. The fourth-order valence-electron chi connectivity index (χ4n) is 3.08. The lowest BCUT2D eigenvalue weighted by Gasteiger charge is -2.44. The van der Waals surface area contributed by atoms with Crippen LogP contribution in [0.5, 0.6) is 0 Å². The van der Waals surface area contributed by atoms with Gasteiger partial charge in [-0.1, -0.05) is 11.6 Å². The van der Waals surface area contributed by atoms with E-state index in [1.807, 2.05) is 0 Å². The standard InChI is InChI=1S/C19H27ClFN3O5/c1-18(2,27)14(21)10-23-17(26)12-9-22-15(20)6-13(12)24-11-7-19(28,8-11)5-4-16(25)29-3/h6,9,11,14,27-28H,4-5,7-8,10H2,1-3H3,(H,22,24)(H,23,26)/t11?,14-,19?/m1/s1. The second-order valence-corrected chi connectivity index (χ2v) is 8.32. The van der Waals surface area contributed by atoms with Crippen LogP contribution in [0.25, 0.3) is 0 Å². The fourth-order valence-corrected chi connectivity index (χ4v) is 3.24. The number of carbonyl (C=O) groups excluding carboxylic acids is 2. The summed E-state index contributed by atoms with van der Waals surface area (Å²) < 4.78 is 18.5. The summed E-state index contributed by atoms with van der Waals surface area (Å²) >= 11 is 5.93. The zero-order valence-corrected chi connectivity index (χ0v) is 17.4. The van der Waals surface area contributed by atoms with Crippen molar-refractivity contribution in [2.24, 2.45) is 0 Å². The Morgan fingerprint density at radius 3 is 2.72 bits per heavy atom. The van der Waals surface area contributed by atoms with E-state index in [2.05, 4.69) is 20.4 Å². The van der Waals surface area contributed by atoms with Crippen LogP contribution >= 0.6 is 11.6 Å². The number of alkyl halides is 1. The van der Waals surface area contributed by atoms with E-state index in [1.54, 1.807) is 0 Å². The van der Waals surface area contributed by atoms with Crippen LogP contribution < -0.4 is 10.6 Å². The van der Waals surface area contributed by atoms with Gasteiger partial charge in [-0.05, 0) is 39.2 Å². The molecule has 1 fully saturated rings. The Labute approximate surface area is 173 Å². The molecule has 0 aromatic carbocycles. The third-order valence-corrected chi connectivity index (χ3v) is 5.16. The van der Waals surface area contributed by atoms with Crippen molar-refractivity contribution in [2.45, 2.75) is 62.9 Å². The molecule has 1 aromatic rings. The van der Waals surface area contributed by atoms with Crippen LogP contribution in [0.15, 0.2) is 12.3 Å². The molecule has 162 valence electrons. The molecule has 0 saturated heterocycles. The molecule has 0 aliphatic heterocycles. The first kappa shape index (κ1) is 23.3. The topological polar surface area (TPSA) is 121 Å². The van der Waals surface area contributed by atoms with Crippen LogP contribution in [-0.4, -0.2) is 64.1 Å². The number of nitrogens with zero attached hydrogens (tertiary/aromatic N) is 1. The Morgan fingerprint density at radius 1 is 1.48 bits per heavy atom. The van der Waals surface area contributed by atoms with Crippen LogP contribution in [0.3, 0.4) is 0 Å². The molecule has 1 aliphatic rings.